The number of aryl methyl sites for hydroxylation is 1. The van der Waals surface area contributed by atoms with Gasteiger partial charge in [-0.05, 0) is 19.1 Å². The number of hydrogen-bond acceptors (Lipinski definition) is 5. The van der Waals surface area contributed by atoms with Crippen molar-refractivity contribution in [3.63, 3.8) is 0 Å². The van der Waals surface area contributed by atoms with Crippen LogP contribution in [-0.2, 0) is 20.7 Å². The number of nitrogens with two attached hydrogens (primary N) is 1. The average molecular weight is 308 g/mol. The number of nitrogens with zero attached hydrogens (tertiary/aromatic N) is 1. The van der Waals surface area contributed by atoms with Gasteiger partial charge in [0.25, 0.3) is 5.91 Å². The Labute approximate surface area is 124 Å². The molecule has 1 heterocycles. The van der Waals surface area contributed by atoms with Gasteiger partial charge in [0.15, 0.2) is 0 Å². The van der Waals surface area contributed by atoms with Crippen molar-refractivity contribution in [1.82, 2.24) is 4.98 Å². The third kappa shape index (κ3) is 4.09. The van der Waals surface area contributed by atoms with Gasteiger partial charge >= 0.3 is 5.97 Å². The Balaban J connectivity index is 2.07. The van der Waals surface area contributed by atoms with Crippen molar-refractivity contribution < 1.29 is 18.7 Å². The minimum absolute atomic E-state index is 0.0463. The lowest BCUT2D eigenvalue weighted by atomic mass is 10.1. The van der Waals surface area contributed by atoms with Crippen molar-refractivity contribution in [2.75, 3.05) is 0 Å². The van der Waals surface area contributed by atoms with Gasteiger partial charge in [0.2, 0.25) is 6.10 Å². The Bertz CT molecular complexity index is 654. The second kappa shape index (κ2) is 6.45. The number of esters is 1. The molecular formula is C14H13FN2O3S. The number of primary amides is 1. The molecule has 2 rings (SSSR count). The predicted octanol–water partition coefficient (Wildman–Crippen LogP) is 1.90. The summed E-state index contributed by atoms with van der Waals surface area (Å²) in [6, 6.07) is 5.04. The highest BCUT2D eigenvalue weighted by Gasteiger charge is 2.23. The molecule has 0 aliphatic rings. The maximum absolute atomic E-state index is 12.9. The zero-order chi connectivity index (χ0) is 15.4. The van der Waals surface area contributed by atoms with Crippen LogP contribution in [0.1, 0.15) is 22.4 Å². The van der Waals surface area contributed by atoms with Crippen molar-refractivity contribution in [2.45, 2.75) is 19.4 Å². The zero-order valence-electron chi connectivity index (χ0n) is 11.2. The highest BCUT2D eigenvalue weighted by Crippen LogP contribution is 2.19. The van der Waals surface area contributed by atoms with Gasteiger partial charge in [-0.2, -0.15) is 0 Å². The molecule has 0 saturated carbocycles. The second-order valence-corrected chi connectivity index (χ2v) is 5.42. The third-order valence-corrected chi connectivity index (χ3v) is 3.49. The third-order valence-electron chi connectivity index (χ3n) is 2.67. The van der Waals surface area contributed by atoms with Crippen molar-refractivity contribution in [3.05, 3.63) is 51.7 Å². The van der Waals surface area contributed by atoms with Crippen molar-refractivity contribution in [1.29, 1.82) is 0 Å². The summed E-state index contributed by atoms with van der Waals surface area (Å²) >= 11 is 1.42. The van der Waals surface area contributed by atoms with E-state index in [0.717, 1.165) is 5.01 Å². The molecule has 0 bridgehead atoms. The summed E-state index contributed by atoms with van der Waals surface area (Å²) in [4.78, 5) is 27.4. The SMILES string of the molecule is Cc1nc(CC(=O)O[C@@H](C(N)=O)c2ccc(F)cc2)cs1. The van der Waals surface area contributed by atoms with Crippen molar-refractivity contribution in [2.24, 2.45) is 5.73 Å². The molecule has 1 atom stereocenters. The lowest BCUT2D eigenvalue weighted by Gasteiger charge is -2.14. The fraction of sp³-hybridized carbons (Fsp3) is 0.214. The van der Waals surface area contributed by atoms with E-state index in [4.69, 9.17) is 10.5 Å². The van der Waals surface area contributed by atoms with Gasteiger partial charge < -0.3 is 10.5 Å². The summed E-state index contributed by atoms with van der Waals surface area (Å²) < 4.78 is 18.0. The number of benzene rings is 1. The second-order valence-electron chi connectivity index (χ2n) is 4.36. The fourth-order valence-corrected chi connectivity index (χ4v) is 2.35. The topological polar surface area (TPSA) is 82.3 Å². The molecule has 1 aromatic carbocycles. The first-order chi connectivity index (χ1) is 9.95. The van der Waals surface area contributed by atoms with Gasteiger partial charge in [0.1, 0.15) is 5.82 Å². The van der Waals surface area contributed by atoms with Crippen LogP contribution < -0.4 is 5.73 Å². The van der Waals surface area contributed by atoms with E-state index in [1.165, 1.54) is 35.6 Å². The van der Waals surface area contributed by atoms with E-state index in [2.05, 4.69) is 4.98 Å². The number of halogens is 1. The fourth-order valence-electron chi connectivity index (χ4n) is 1.74. The lowest BCUT2D eigenvalue weighted by molar-refractivity contribution is -0.154. The molecule has 1 amide bonds. The summed E-state index contributed by atoms with van der Waals surface area (Å²) in [7, 11) is 0. The summed E-state index contributed by atoms with van der Waals surface area (Å²) in [6.07, 6.45) is -1.28. The van der Waals surface area contributed by atoms with Crippen LogP contribution >= 0.6 is 11.3 Å². The summed E-state index contributed by atoms with van der Waals surface area (Å²) in [5.41, 5.74) is 6.13. The molecular weight excluding hydrogens is 295 g/mol. The molecule has 0 fully saturated rings. The van der Waals surface area contributed by atoms with Crippen LogP contribution in [-0.4, -0.2) is 16.9 Å². The van der Waals surface area contributed by atoms with Gasteiger partial charge in [-0.15, -0.1) is 11.3 Å². The molecule has 0 spiro atoms. The number of hydrogen-bond donors (Lipinski definition) is 1. The van der Waals surface area contributed by atoms with Gasteiger partial charge in [0.05, 0.1) is 17.1 Å². The van der Waals surface area contributed by atoms with Gasteiger partial charge in [-0.25, -0.2) is 9.37 Å². The van der Waals surface area contributed by atoms with Crippen molar-refractivity contribution in [3.8, 4) is 0 Å². The van der Waals surface area contributed by atoms with Crippen LogP contribution in [0.3, 0.4) is 0 Å². The standard InChI is InChI=1S/C14H13FN2O3S/c1-8-17-11(7-21-8)6-12(18)20-13(14(16)19)9-2-4-10(15)5-3-9/h2-5,7,13H,6H2,1H3,(H2,16,19)/t13-/m1/s1. The Morgan fingerprint density at radius 1 is 1.38 bits per heavy atom. The molecule has 0 aliphatic carbocycles. The van der Waals surface area contributed by atoms with Gasteiger partial charge in [-0.3, -0.25) is 9.59 Å². The van der Waals surface area contributed by atoms with Gasteiger partial charge in [-0.1, -0.05) is 12.1 Å². The van der Waals surface area contributed by atoms with E-state index in [0.29, 0.717) is 11.3 Å². The van der Waals surface area contributed by atoms with Crippen molar-refractivity contribution >= 4 is 23.2 Å². The number of ether oxygens (including phenoxy) is 1. The summed E-state index contributed by atoms with van der Waals surface area (Å²) in [6.45, 7) is 1.82. The Kier molecular flexibility index (Phi) is 4.64. The number of carbonyl (C=O) groups is 2. The number of amides is 1. The van der Waals surface area contributed by atoms with Crippen LogP contribution in [0.5, 0.6) is 0 Å². The highest BCUT2D eigenvalue weighted by atomic mass is 32.1. The molecule has 2 aromatic rings. The smallest absolute Gasteiger partial charge is 0.313 e. The highest BCUT2D eigenvalue weighted by molar-refractivity contribution is 7.09. The maximum Gasteiger partial charge on any atom is 0.313 e. The molecule has 2 N–H and O–H groups in total. The average Bonchev–Trinajstić information content (AvgIpc) is 2.82. The zero-order valence-corrected chi connectivity index (χ0v) is 12.0. The number of thiazole rings is 1. The first kappa shape index (κ1) is 15.1. The molecule has 21 heavy (non-hydrogen) atoms. The quantitative estimate of drug-likeness (QED) is 0.855. The van der Waals surface area contributed by atoms with E-state index >= 15 is 0 Å². The van der Waals surface area contributed by atoms with Crippen LogP contribution in [0.4, 0.5) is 4.39 Å². The Morgan fingerprint density at radius 2 is 2.05 bits per heavy atom. The molecule has 0 unspecified atom stereocenters. The first-order valence-corrected chi connectivity index (χ1v) is 6.99. The molecule has 7 heteroatoms. The monoisotopic (exact) mass is 308 g/mol. The molecule has 110 valence electrons. The number of carbonyl (C=O) groups excluding carboxylic acids is 2. The van der Waals surface area contributed by atoms with E-state index < -0.39 is 23.8 Å². The van der Waals surface area contributed by atoms with E-state index in [1.807, 2.05) is 6.92 Å². The Hall–Kier alpha value is -2.28. The lowest BCUT2D eigenvalue weighted by Crippen LogP contribution is -2.26. The van der Waals surface area contributed by atoms with E-state index in [9.17, 15) is 14.0 Å². The van der Waals surface area contributed by atoms with E-state index in [1.54, 1.807) is 5.38 Å². The molecule has 0 saturated heterocycles. The van der Waals surface area contributed by atoms with Crippen LogP contribution in [0.25, 0.3) is 0 Å². The molecule has 0 radical (unpaired) electrons. The minimum atomic E-state index is -1.24. The normalized spacial score (nSPS) is 11.9. The van der Waals surface area contributed by atoms with Gasteiger partial charge in [0, 0.05) is 10.9 Å². The summed E-state index contributed by atoms with van der Waals surface area (Å²) in [5, 5.41) is 2.58. The predicted molar refractivity (Wildman–Crippen MR) is 75.0 cm³/mol. The number of rotatable bonds is 5. The summed E-state index contributed by atoms with van der Waals surface area (Å²) in [5.74, 6) is -1.89. The van der Waals surface area contributed by atoms with E-state index in [-0.39, 0.29) is 6.42 Å². The maximum atomic E-state index is 12.9. The molecule has 5 nitrogen and oxygen atoms in total. The molecule has 0 aliphatic heterocycles. The van der Waals surface area contributed by atoms with Crippen LogP contribution in [0, 0.1) is 12.7 Å². The Morgan fingerprint density at radius 3 is 2.57 bits per heavy atom. The van der Waals surface area contributed by atoms with Crippen LogP contribution in [0.2, 0.25) is 0 Å². The number of aromatic nitrogens is 1. The minimum Gasteiger partial charge on any atom is -0.447 e. The largest absolute Gasteiger partial charge is 0.447 e. The van der Waals surface area contributed by atoms with Crippen LogP contribution in [0.15, 0.2) is 29.6 Å². The first-order valence-electron chi connectivity index (χ1n) is 6.11. The molecule has 1 aromatic heterocycles.